The average molecular weight is 299 g/mol. The number of halogens is 1. The van der Waals surface area contributed by atoms with Crippen molar-refractivity contribution in [3.05, 3.63) is 22.7 Å². The summed E-state index contributed by atoms with van der Waals surface area (Å²) in [4.78, 5) is 12.0. The maximum Gasteiger partial charge on any atom is 0.253 e. The quantitative estimate of drug-likeness (QED) is 0.824. The van der Waals surface area contributed by atoms with Crippen molar-refractivity contribution in [1.82, 2.24) is 0 Å². The molecule has 1 aliphatic rings. The zero-order valence-corrected chi connectivity index (χ0v) is 11.2. The van der Waals surface area contributed by atoms with Crippen LogP contribution in [0, 0.1) is 5.92 Å². The van der Waals surface area contributed by atoms with Gasteiger partial charge in [-0.05, 0) is 30.5 Å². The minimum absolute atomic E-state index is 0.121. The average Bonchev–Trinajstić information content (AvgIpc) is 2.68. The van der Waals surface area contributed by atoms with Crippen LogP contribution in [0.15, 0.2) is 22.7 Å². The van der Waals surface area contributed by atoms with E-state index in [2.05, 4.69) is 21.2 Å². The number of anilines is 2. The van der Waals surface area contributed by atoms with E-state index in [-0.39, 0.29) is 17.9 Å². The molecule has 1 heterocycles. The Morgan fingerprint density at radius 2 is 2.35 bits per heavy atom. The van der Waals surface area contributed by atoms with E-state index in [4.69, 9.17) is 10.5 Å². The van der Waals surface area contributed by atoms with Crippen molar-refractivity contribution in [3.63, 3.8) is 0 Å². The van der Waals surface area contributed by atoms with Gasteiger partial charge in [0.2, 0.25) is 0 Å². The molecule has 1 fully saturated rings. The van der Waals surface area contributed by atoms with Crippen LogP contribution in [0.1, 0.15) is 13.3 Å². The molecule has 1 aliphatic heterocycles. The van der Waals surface area contributed by atoms with E-state index in [1.165, 1.54) is 0 Å². The molecule has 1 aromatic carbocycles. The van der Waals surface area contributed by atoms with Crippen molar-refractivity contribution in [3.8, 4) is 0 Å². The molecule has 1 aromatic rings. The lowest BCUT2D eigenvalue weighted by atomic mass is 10.0. The molecule has 0 aromatic heterocycles. The lowest BCUT2D eigenvalue weighted by Gasteiger charge is -2.15. The van der Waals surface area contributed by atoms with Crippen LogP contribution in [0.2, 0.25) is 0 Å². The van der Waals surface area contributed by atoms with Gasteiger partial charge in [0, 0.05) is 11.1 Å². The Bertz CT molecular complexity index is 437. The largest absolute Gasteiger partial charge is 0.397 e. The first-order valence-corrected chi connectivity index (χ1v) is 6.34. The van der Waals surface area contributed by atoms with Crippen molar-refractivity contribution >= 4 is 33.2 Å². The summed E-state index contributed by atoms with van der Waals surface area (Å²) in [5.74, 6) is 0.135. The molecule has 1 amide bonds. The second kappa shape index (κ2) is 5.06. The van der Waals surface area contributed by atoms with Gasteiger partial charge in [-0.2, -0.15) is 0 Å². The molecule has 5 heteroatoms. The van der Waals surface area contributed by atoms with Crippen LogP contribution in [0.5, 0.6) is 0 Å². The molecule has 1 saturated heterocycles. The Morgan fingerprint density at radius 3 is 2.94 bits per heavy atom. The molecule has 2 rings (SSSR count). The van der Waals surface area contributed by atoms with Crippen LogP contribution in [0.25, 0.3) is 0 Å². The molecule has 17 heavy (non-hydrogen) atoms. The summed E-state index contributed by atoms with van der Waals surface area (Å²) in [6.07, 6.45) is 0.562. The van der Waals surface area contributed by atoms with Crippen LogP contribution in [-0.4, -0.2) is 18.6 Å². The molecule has 4 nitrogen and oxygen atoms in total. The van der Waals surface area contributed by atoms with Crippen molar-refractivity contribution in [1.29, 1.82) is 0 Å². The SMILES string of the molecule is CC1CCOC1C(=O)Nc1ccc(Br)cc1N. The Kier molecular flexibility index (Phi) is 3.69. The maximum absolute atomic E-state index is 12.0. The first kappa shape index (κ1) is 12.4. The Morgan fingerprint density at radius 1 is 1.59 bits per heavy atom. The van der Waals surface area contributed by atoms with Gasteiger partial charge in [-0.15, -0.1) is 0 Å². The van der Waals surface area contributed by atoms with Gasteiger partial charge in [0.15, 0.2) is 0 Å². The lowest BCUT2D eigenvalue weighted by Crippen LogP contribution is -2.31. The molecule has 0 spiro atoms. The molecule has 2 unspecified atom stereocenters. The number of nitrogen functional groups attached to an aromatic ring is 1. The van der Waals surface area contributed by atoms with Gasteiger partial charge in [0.25, 0.3) is 5.91 Å². The number of hydrogen-bond donors (Lipinski definition) is 2. The number of benzene rings is 1. The summed E-state index contributed by atoms with van der Waals surface area (Å²) in [5.41, 5.74) is 6.98. The molecule has 92 valence electrons. The first-order valence-electron chi connectivity index (χ1n) is 5.55. The summed E-state index contributed by atoms with van der Waals surface area (Å²) in [6.45, 7) is 2.66. The van der Waals surface area contributed by atoms with Gasteiger partial charge in [0.05, 0.1) is 11.4 Å². The number of hydrogen-bond acceptors (Lipinski definition) is 3. The highest BCUT2D eigenvalue weighted by Gasteiger charge is 2.31. The van der Waals surface area contributed by atoms with Gasteiger partial charge in [-0.25, -0.2) is 0 Å². The van der Waals surface area contributed by atoms with Crippen LogP contribution in [-0.2, 0) is 9.53 Å². The number of ether oxygens (including phenoxy) is 1. The summed E-state index contributed by atoms with van der Waals surface area (Å²) in [5, 5.41) is 2.80. The van der Waals surface area contributed by atoms with Gasteiger partial charge >= 0.3 is 0 Å². The van der Waals surface area contributed by atoms with Crippen LogP contribution in [0.4, 0.5) is 11.4 Å². The molecule has 0 radical (unpaired) electrons. The zero-order valence-electron chi connectivity index (χ0n) is 9.57. The number of amides is 1. The number of carbonyl (C=O) groups is 1. The third-order valence-electron chi connectivity index (χ3n) is 2.92. The predicted octanol–water partition coefficient (Wildman–Crippen LogP) is 2.39. The van der Waals surface area contributed by atoms with E-state index in [1.54, 1.807) is 12.1 Å². The molecular weight excluding hydrogens is 284 g/mol. The lowest BCUT2D eigenvalue weighted by molar-refractivity contribution is -0.126. The smallest absolute Gasteiger partial charge is 0.253 e. The van der Waals surface area contributed by atoms with E-state index in [1.807, 2.05) is 13.0 Å². The first-order chi connectivity index (χ1) is 8.08. The van der Waals surface area contributed by atoms with Crippen molar-refractivity contribution in [2.75, 3.05) is 17.7 Å². The Balaban J connectivity index is 2.07. The molecule has 2 atom stereocenters. The highest BCUT2D eigenvalue weighted by molar-refractivity contribution is 9.10. The van der Waals surface area contributed by atoms with Crippen molar-refractivity contribution in [2.45, 2.75) is 19.4 Å². The molecule has 3 N–H and O–H groups in total. The molecule has 0 saturated carbocycles. The summed E-state index contributed by atoms with van der Waals surface area (Å²) >= 11 is 3.32. The number of nitrogens with one attached hydrogen (secondary N) is 1. The molecule has 0 aliphatic carbocycles. The fourth-order valence-electron chi connectivity index (χ4n) is 1.88. The summed E-state index contributed by atoms with van der Waals surface area (Å²) in [6, 6.07) is 5.37. The van der Waals surface area contributed by atoms with E-state index < -0.39 is 0 Å². The minimum Gasteiger partial charge on any atom is -0.397 e. The Labute approximate surface area is 109 Å². The molecular formula is C12H15BrN2O2. The maximum atomic E-state index is 12.0. The van der Waals surface area contributed by atoms with Crippen LogP contribution in [0.3, 0.4) is 0 Å². The van der Waals surface area contributed by atoms with Gasteiger partial charge < -0.3 is 15.8 Å². The predicted molar refractivity (Wildman–Crippen MR) is 70.7 cm³/mol. The second-order valence-electron chi connectivity index (χ2n) is 4.28. The number of carbonyl (C=O) groups excluding carboxylic acids is 1. The highest BCUT2D eigenvalue weighted by Crippen LogP contribution is 2.25. The number of nitrogens with two attached hydrogens (primary N) is 1. The monoisotopic (exact) mass is 298 g/mol. The summed E-state index contributed by atoms with van der Waals surface area (Å²) < 4.78 is 6.29. The highest BCUT2D eigenvalue weighted by atomic mass is 79.9. The van der Waals surface area contributed by atoms with Crippen molar-refractivity contribution < 1.29 is 9.53 Å². The number of rotatable bonds is 2. The van der Waals surface area contributed by atoms with E-state index in [9.17, 15) is 4.79 Å². The fourth-order valence-corrected chi connectivity index (χ4v) is 2.26. The van der Waals surface area contributed by atoms with E-state index in [0.29, 0.717) is 18.0 Å². The Hall–Kier alpha value is -1.07. The van der Waals surface area contributed by atoms with E-state index >= 15 is 0 Å². The molecule has 0 bridgehead atoms. The second-order valence-corrected chi connectivity index (χ2v) is 5.19. The van der Waals surface area contributed by atoms with Crippen LogP contribution >= 0.6 is 15.9 Å². The van der Waals surface area contributed by atoms with Gasteiger partial charge in [0.1, 0.15) is 6.10 Å². The van der Waals surface area contributed by atoms with Gasteiger partial charge in [-0.1, -0.05) is 22.9 Å². The minimum atomic E-state index is -0.363. The third-order valence-corrected chi connectivity index (χ3v) is 3.41. The zero-order chi connectivity index (χ0) is 12.4. The van der Waals surface area contributed by atoms with Crippen LogP contribution < -0.4 is 11.1 Å². The van der Waals surface area contributed by atoms with E-state index in [0.717, 1.165) is 10.9 Å². The summed E-state index contributed by atoms with van der Waals surface area (Å²) in [7, 11) is 0. The standard InChI is InChI=1S/C12H15BrN2O2/c1-7-4-5-17-11(7)12(16)15-10-3-2-8(13)6-9(10)14/h2-3,6-7,11H,4-5,14H2,1H3,(H,15,16). The fraction of sp³-hybridized carbons (Fsp3) is 0.417. The topological polar surface area (TPSA) is 64.3 Å². The normalized spacial score (nSPS) is 23.6. The third kappa shape index (κ3) is 2.79. The van der Waals surface area contributed by atoms with Gasteiger partial charge in [-0.3, -0.25) is 4.79 Å². The van der Waals surface area contributed by atoms with Crippen molar-refractivity contribution in [2.24, 2.45) is 5.92 Å².